The molecule has 8 heteroatoms. The third-order valence-corrected chi connectivity index (χ3v) is 5.90. The van der Waals surface area contributed by atoms with E-state index in [9.17, 15) is 13.2 Å². The maximum absolute atomic E-state index is 12.3. The fraction of sp³-hybridized carbons (Fsp3) is 0.600. The topological polar surface area (TPSA) is 82.6 Å². The number of hydrogen-bond acceptors (Lipinski definition) is 5. The van der Waals surface area contributed by atoms with Crippen LogP contribution in [-0.2, 0) is 14.8 Å². The maximum Gasteiger partial charge on any atom is 0.244 e. The Morgan fingerprint density at radius 3 is 2.70 bits per heavy atom. The minimum atomic E-state index is -3.69. The Morgan fingerprint density at radius 2 is 2.13 bits per heavy atom. The summed E-state index contributed by atoms with van der Waals surface area (Å²) in [4.78, 5) is 18.3. The molecule has 1 N–H and O–H groups in total. The molecule has 1 aliphatic heterocycles. The number of carbonyl (C=O) groups excluding carboxylic acids is 1. The van der Waals surface area contributed by atoms with Crippen molar-refractivity contribution in [3.63, 3.8) is 0 Å². The highest BCUT2D eigenvalue weighted by Crippen LogP contribution is 2.13. The number of nitrogens with zero attached hydrogens (tertiary/aromatic N) is 3. The predicted octanol–water partition coefficient (Wildman–Crippen LogP) is 0.303. The van der Waals surface area contributed by atoms with Crippen LogP contribution in [0, 0.1) is 0 Å². The van der Waals surface area contributed by atoms with Gasteiger partial charge in [0.2, 0.25) is 15.9 Å². The first kappa shape index (κ1) is 17.8. The van der Waals surface area contributed by atoms with Crippen LogP contribution < -0.4 is 5.32 Å². The van der Waals surface area contributed by atoms with E-state index < -0.39 is 10.0 Å². The van der Waals surface area contributed by atoms with Crippen molar-refractivity contribution in [2.24, 2.45) is 0 Å². The van der Waals surface area contributed by atoms with Gasteiger partial charge in [-0.1, -0.05) is 6.92 Å². The quantitative estimate of drug-likeness (QED) is 0.805. The van der Waals surface area contributed by atoms with Crippen LogP contribution in [0.5, 0.6) is 0 Å². The van der Waals surface area contributed by atoms with Crippen molar-refractivity contribution in [2.75, 3.05) is 33.2 Å². The van der Waals surface area contributed by atoms with Crippen molar-refractivity contribution in [2.45, 2.75) is 30.7 Å². The van der Waals surface area contributed by atoms with Gasteiger partial charge in [0.05, 0.1) is 6.54 Å². The van der Waals surface area contributed by atoms with Crippen LogP contribution in [0.1, 0.15) is 19.8 Å². The lowest BCUT2D eigenvalue weighted by atomic mass is 10.1. The van der Waals surface area contributed by atoms with E-state index in [2.05, 4.69) is 22.1 Å². The molecular weight excluding hydrogens is 316 g/mol. The highest BCUT2D eigenvalue weighted by molar-refractivity contribution is 7.89. The molecule has 0 atom stereocenters. The maximum atomic E-state index is 12.3. The number of carbonyl (C=O) groups is 1. The number of rotatable bonds is 6. The second kappa shape index (κ2) is 7.85. The van der Waals surface area contributed by atoms with Crippen molar-refractivity contribution in [3.05, 3.63) is 24.5 Å². The van der Waals surface area contributed by atoms with Gasteiger partial charge in [0.15, 0.2) is 0 Å². The van der Waals surface area contributed by atoms with E-state index in [1.807, 2.05) is 0 Å². The average molecular weight is 340 g/mol. The van der Waals surface area contributed by atoms with E-state index in [1.54, 1.807) is 6.07 Å². The van der Waals surface area contributed by atoms with Crippen LogP contribution in [0.15, 0.2) is 29.4 Å². The van der Waals surface area contributed by atoms with Crippen LogP contribution >= 0.6 is 0 Å². The summed E-state index contributed by atoms with van der Waals surface area (Å²) < 4.78 is 25.7. The first-order chi connectivity index (χ1) is 10.9. The molecule has 2 rings (SSSR count). The van der Waals surface area contributed by atoms with E-state index in [-0.39, 0.29) is 23.4 Å². The molecule has 1 fully saturated rings. The Bertz CT molecular complexity index is 613. The lowest BCUT2D eigenvalue weighted by Crippen LogP contribution is -2.47. The summed E-state index contributed by atoms with van der Waals surface area (Å²) in [6, 6.07) is 3.15. The Labute approximate surface area is 137 Å². The van der Waals surface area contributed by atoms with Crippen molar-refractivity contribution >= 4 is 15.9 Å². The molecular formula is C15H24N4O3S. The Morgan fingerprint density at radius 1 is 1.43 bits per heavy atom. The molecule has 1 amide bonds. The van der Waals surface area contributed by atoms with E-state index in [0.29, 0.717) is 0 Å². The fourth-order valence-electron chi connectivity index (χ4n) is 2.63. The molecule has 1 aliphatic rings. The van der Waals surface area contributed by atoms with Crippen molar-refractivity contribution in [3.8, 4) is 0 Å². The standard InChI is InChI=1S/C15H24N4O3S/c1-3-19-9-6-13(7-10-19)17-15(20)12-18(2)23(21,22)14-5-4-8-16-11-14/h4-5,8,11,13H,3,6-7,9-10,12H2,1-2H3,(H,17,20). The molecule has 0 spiro atoms. The molecule has 0 aliphatic carbocycles. The number of sulfonamides is 1. The Hall–Kier alpha value is -1.51. The van der Waals surface area contributed by atoms with Gasteiger partial charge in [-0.25, -0.2) is 8.42 Å². The van der Waals surface area contributed by atoms with E-state index in [1.165, 1.54) is 25.5 Å². The second-order valence-electron chi connectivity index (χ2n) is 5.73. The number of piperidine rings is 1. The molecule has 1 saturated heterocycles. The Balaban J connectivity index is 1.88. The van der Waals surface area contributed by atoms with Gasteiger partial charge in [-0.2, -0.15) is 4.31 Å². The molecule has 7 nitrogen and oxygen atoms in total. The second-order valence-corrected chi connectivity index (χ2v) is 7.77. The lowest BCUT2D eigenvalue weighted by molar-refractivity contribution is -0.122. The minimum Gasteiger partial charge on any atom is -0.352 e. The number of pyridine rings is 1. The summed E-state index contributed by atoms with van der Waals surface area (Å²) in [6.45, 7) is 4.88. The zero-order chi connectivity index (χ0) is 16.9. The largest absolute Gasteiger partial charge is 0.352 e. The number of likely N-dealkylation sites (N-methyl/N-ethyl adjacent to an activating group) is 1. The van der Waals surface area contributed by atoms with Gasteiger partial charge in [-0.05, 0) is 31.5 Å². The Kier molecular flexibility index (Phi) is 6.09. The van der Waals surface area contributed by atoms with Gasteiger partial charge >= 0.3 is 0 Å². The predicted molar refractivity (Wildman–Crippen MR) is 87.3 cm³/mol. The molecule has 128 valence electrons. The first-order valence-corrected chi connectivity index (χ1v) is 9.25. The SMILES string of the molecule is CCN1CCC(NC(=O)CN(C)S(=O)(=O)c2cccnc2)CC1. The minimum absolute atomic E-state index is 0.0894. The number of aromatic nitrogens is 1. The van der Waals surface area contributed by atoms with Crippen molar-refractivity contribution in [1.82, 2.24) is 19.5 Å². The third-order valence-electron chi connectivity index (χ3n) is 4.11. The summed E-state index contributed by atoms with van der Waals surface area (Å²) in [5, 5.41) is 2.93. The fourth-order valence-corrected chi connectivity index (χ4v) is 3.73. The summed E-state index contributed by atoms with van der Waals surface area (Å²) in [7, 11) is -2.28. The highest BCUT2D eigenvalue weighted by Gasteiger charge is 2.25. The summed E-state index contributed by atoms with van der Waals surface area (Å²) >= 11 is 0. The lowest BCUT2D eigenvalue weighted by Gasteiger charge is -2.31. The van der Waals surface area contributed by atoms with E-state index in [4.69, 9.17) is 0 Å². The molecule has 1 aromatic rings. The zero-order valence-electron chi connectivity index (χ0n) is 13.6. The van der Waals surface area contributed by atoms with E-state index >= 15 is 0 Å². The number of likely N-dealkylation sites (tertiary alicyclic amines) is 1. The van der Waals surface area contributed by atoms with Crippen LogP contribution in [0.25, 0.3) is 0 Å². The van der Waals surface area contributed by atoms with E-state index in [0.717, 1.165) is 36.8 Å². The molecule has 0 unspecified atom stereocenters. The van der Waals surface area contributed by atoms with Gasteiger partial charge in [0.1, 0.15) is 4.90 Å². The molecule has 1 aromatic heterocycles. The molecule has 0 bridgehead atoms. The summed E-state index contributed by atoms with van der Waals surface area (Å²) in [5.41, 5.74) is 0. The third kappa shape index (κ3) is 4.73. The number of hydrogen-bond donors (Lipinski definition) is 1. The number of amides is 1. The summed E-state index contributed by atoms with van der Waals surface area (Å²) in [6.07, 6.45) is 4.59. The first-order valence-electron chi connectivity index (χ1n) is 7.81. The van der Waals surface area contributed by atoms with Gasteiger partial charge in [-0.3, -0.25) is 9.78 Å². The smallest absolute Gasteiger partial charge is 0.244 e. The molecule has 0 radical (unpaired) electrons. The normalized spacial score (nSPS) is 17.3. The average Bonchev–Trinajstić information content (AvgIpc) is 2.56. The van der Waals surface area contributed by atoms with Gasteiger partial charge in [-0.15, -0.1) is 0 Å². The molecule has 0 saturated carbocycles. The van der Waals surface area contributed by atoms with Crippen molar-refractivity contribution in [1.29, 1.82) is 0 Å². The van der Waals surface area contributed by atoms with Crippen LogP contribution in [0.3, 0.4) is 0 Å². The zero-order valence-corrected chi connectivity index (χ0v) is 14.4. The van der Waals surface area contributed by atoms with Gasteiger partial charge in [0, 0.05) is 38.6 Å². The van der Waals surface area contributed by atoms with Crippen LogP contribution in [0.4, 0.5) is 0 Å². The summed E-state index contributed by atoms with van der Waals surface area (Å²) in [5.74, 6) is -0.269. The molecule has 2 heterocycles. The van der Waals surface area contributed by atoms with Gasteiger partial charge in [0.25, 0.3) is 0 Å². The number of nitrogens with one attached hydrogen (secondary N) is 1. The van der Waals surface area contributed by atoms with Crippen LogP contribution in [0.2, 0.25) is 0 Å². The van der Waals surface area contributed by atoms with Crippen LogP contribution in [-0.4, -0.2) is 67.8 Å². The van der Waals surface area contributed by atoms with Crippen molar-refractivity contribution < 1.29 is 13.2 Å². The molecule has 23 heavy (non-hydrogen) atoms. The highest BCUT2D eigenvalue weighted by atomic mass is 32.2. The van der Waals surface area contributed by atoms with Gasteiger partial charge < -0.3 is 10.2 Å². The monoisotopic (exact) mass is 340 g/mol. The molecule has 0 aromatic carbocycles.